The number of aromatic hydroxyl groups is 1. The molecule has 22 heavy (non-hydrogen) atoms. The van der Waals surface area contributed by atoms with Crippen molar-refractivity contribution in [2.45, 2.75) is 0 Å². The van der Waals surface area contributed by atoms with Crippen LogP contribution in [0.2, 0.25) is 0 Å². The molecule has 0 aliphatic rings. The molecule has 0 unspecified atom stereocenters. The van der Waals surface area contributed by atoms with Gasteiger partial charge in [0.15, 0.2) is 5.78 Å². The Morgan fingerprint density at radius 2 is 1.77 bits per heavy atom. The zero-order valence-corrected chi connectivity index (χ0v) is 12.1. The Labute approximate surface area is 128 Å². The highest BCUT2D eigenvalue weighted by Crippen LogP contribution is 2.22. The highest BCUT2D eigenvalue weighted by molar-refractivity contribution is 6.05. The second kappa shape index (κ2) is 7.13. The molecule has 2 rings (SSSR count). The Morgan fingerprint density at radius 1 is 1.09 bits per heavy atom. The van der Waals surface area contributed by atoms with E-state index in [4.69, 9.17) is 4.74 Å². The fourth-order valence-corrected chi connectivity index (χ4v) is 1.84. The van der Waals surface area contributed by atoms with Crippen LogP contribution in [0.25, 0.3) is 11.8 Å². The molecule has 0 spiro atoms. The maximum absolute atomic E-state index is 11.8. The van der Waals surface area contributed by atoms with Crippen molar-refractivity contribution in [2.24, 2.45) is 0 Å². The molecule has 0 heterocycles. The maximum Gasteiger partial charge on any atom is 0.182 e. The minimum atomic E-state index is -0.378. The number of rotatable bonds is 5. The lowest BCUT2D eigenvalue weighted by molar-refractivity contribution is -0.110. The third kappa shape index (κ3) is 3.99. The Morgan fingerprint density at radius 3 is 2.41 bits per heavy atom. The number of benzene rings is 2. The number of para-hydroxylation sites is 1. The Hall–Kier alpha value is -3.01. The third-order valence-corrected chi connectivity index (χ3v) is 3.01. The molecule has 0 aliphatic heterocycles. The SMILES string of the molecule is COc1ccc(/C=C/C(=O)/C=C(\O)c2ccccc2O)cc1. The average Bonchev–Trinajstić information content (AvgIpc) is 2.53. The van der Waals surface area contributed by atoms with Crippen molar-refractivity contribution < 1.29 is 19.7 Å². The van der Waals surface area contributed by atoms with Gasteiger partial charge in [0.1, 0.15) is 17.3 Å². The van der Waals surface area contributed by atoms with Crippen LogP contribution in [0.3, 0.4) is 0 Å². The summed E-state index contributed by atoms with van der Waals surface area (Å²) in [5.41, 5.74) is 1.05. The first-order chi connectivity index (χ1) is 10.6. The van der Waals surface area contributed by atoms with E-state index in [-0.39, 0.29) is 22.9 Å². The van der Waals surface area contributed by atoms with Gasteiger partial charge in [0.05, 0.1) is 12.7 Å². The number of phenols is 1. The van der Waals surface area contributed by atoms with Crippen LogP contribution in [0.4, 0.5) is 0 Å². The topological polar surface area (TPSA) is 66.8 Å². The lowest BCUT2D eigenvalue weighted by Crippen LogP contribution is -1.91. The zero-order chi connectivity index (χ0) is 15.9. The van der Waals surface area contributed by atoms with E-state index in [1.807, 2.05) is 12.1 Å². The molecular formula is C18H16O4. The van der Waals surface area contributed by atoms with Crippen LogP contribution in [0.1, 0.15) is 11.1 Å². The largest absolute Gasteiger partial charge is 0.507 e. The van der Waals surface area contributed by atoms with Gasteiger partial charge in [-0.3, -0.25) is 4.79 Å². The Bertz CT molecular complexity index is 712. The summed E-state index contributed by atoms with van der Waals surface area (Å²) in [6.07, 6.45) is 4.05. The predicted octanol–water partition coefficient (Wildman–Crippen LogP) is 3.58. The fraction of sp³-hybridized carbons (Fsp3) is 0.0556. The van der Waals surface area contributed by atoms with Crippen molar-refractivity contribution in [3.8, 4) is 11.5 Å². The van der Waals surface area contributed by atoms with Crippen LogP contribution in [-0.2, 0) is 4.79 Å². The number of ether oxygens (including phenoxy) is 1. The normalized spacial score (nSPS) is 11.6. The number of methoxy groups -OCH3 is 1. The van der Waals surface area contributed by atoms with Gasteiger partial charge in [-0.1, -0.05) is 30.3 Å². The number of allylic oxidation sites excluding steroid dienone is 2. The lowest BCUT2D eigenvalue weighted by Gasteiger charge is -2.02. The van der Waals surface area contributed by atoms with Crippen LogP contribution in [-0.4, -0.2) is 23.1 Å². The molecule has 0 atom stereocenters. The molecule has 0 aliphatic carbocycles. The van der Waals surface area contributed by atoms with Crippen LogP contribution in [0, 0.1) is 0 Å². The molecular weight excluding hydrogens is 280 g/mol. The summed E-state index contributed by atoms with van der Waals surface area (Å²) in [6.45, 7) is 0. The van der Waals surface area contributed by atoms with Crippen LogP contribution >= 0.6 is 0 Å². The molecule has 0 aromatic heterocycles. The molecule has 0 bridgehead atoms. The summed E-state index contributed by atoms with van der Waals surface area (Å²) in [5.74, 6) is 0.00260. The van der Waals surface area contributed by atoms with Gasteiger partial charge in [0.2, 0.25) is 0 Å². The van der Waals surface area contributed by atoms with E-state index in [9.17, 15) is 15.0 Å². The monoisotopic (exact) mass is 296 g/mol. The average molecular weight is 296 g/mol. The van der Waals surface area contributed by atoms with Gasteiger partial charge >= 0.3 is 0 Å². The summed E-state index contributed by atoms with van der Waals surface area (Å²) in [4.78, 5) is 11.8. The summed E-state index contributed by atoms with van der Waals surface area (Å²) in [7, 11) is 1.58. The standard InChI is InChI=1S/C18H16O4/c1-22-15-10-7-13(8-11-15)6-9-14(19)12-18(21)16-4-2-3-5-17(16)20/h2-12,20-21H,1H3/b9-6+,18-12-. The van der Waals surface area contributed by atoms with E-state index in [1.54, 1.807) is 37.5 Å². The van der Waals surface area contributed by atoms with Crippen LogP contribution in [0.15, 0.2) is 60.7 Å². The van der Waals surface area contributed by atoms with Crippen LogP contribution < -0.4 is 4.74 Å². The first kappa shape index (κ1) is 15.4. The van der Waals surface area contributed by atoms with Crippen molar-refractivity contribution in [2.75, 3.05) is 7.11 Å². The summed E-state index contributed by atoms with van der Waals surface area (Å²) in [5, 5.41) is 19.5. The number of hydrogen-bond donors (Lipinski definition) is 2. The molecule has 0 amide bonds. The molecule has 4 heteroatoms. The van der Waals surface area contributed by atoms with Crippen molar-refractivity contribution in [1.82, 2.24) is 0 Å². The molecule has 0 saturated heterocycles. The molecule has 4 nitrogen and oxygen atoms in total. The molecule has 112 valence electrons. The van der Waals surface area contributed by atoms with Gasteiger partial charge in [0, 0.05) is 6.08 Å². The van der Waals surface area contributed by atoms with Crippen molar-refractivity contribution in [1.29, 1.82) is 0 Å². The highest BCUT2D eigenvalue weighted by atomic mass is 16.5. The maximum atomic E-state index is 11.8. The van der Waals surface area contributed by atoms with Gasteiger partial charge < -0.3 is 14.9 Å². The molecule has 0 saturated carbocycles. The smallest absolute Gasteiger partial charge is 0.182 e. The lowest BCUT2D eigenvalue weighted by atomic mass is 10.1. The Balaban J connectivity index is 2.09. The molecule has 2 aromatic rings. The first-order valence-corrected chi connectivity index (χ1v) is 6.65. The number of ketones is 1. The highest BCUT2D eigenvalue weighted by Gasteiger charge is 2.05. The number of aliphatic hydroxyl groups is 1. The number of aliphatic hydroxyl groups excluding tert-OH is 1. The van der Waals surface area contributed by atoms with E-state index in [0.717, 1.165) is 17.4 Å². The second-order valence-electron chi connectivity index (χ2n) is 4.56. The van der Waals surface area contributed by atoms with Gasteiger partial charge in [-0.2, -0.15) is 0 Å². The van der Waals surface area contributed by atoms with Gasteiger partial charge in [-0.15, -0.1) is 0 Å². The summed E-state index contributed by atoms with van der Waals surface area (Å²) >= 11 is 0. The Kier molecular flexibility index (Phi) is 4.98. The number of hydrogen-bond acceptors (Lipinski definition) is 4. The van der Waals surface area contributed by atoms with Crippen molar-refractivity contribution in [3.63, 3.8) is 0 Å². The molecule has 2 aromatic carbocycles. The second-order valence-corrected chi connectivity index (χ2v) is 4.56. The van der Waals surface area contributed by atoms with Gasteiger partial charge in [0.25, 0.3) is 0 Å². The van der Waals surface area contributed by atoms with E-state index in [1.165, 1.54) is 18.2 Å². The fourth-order valence-electron chi connectivity index (χ4n) is 1.84. The predicted molar refractivity (Wildman–Crippen MR) is 85.7 cm³/mol. The molecule has 0 radical (unpaired) electrons. The minimum absolute atomic E-state index is 0.0804. The number of phenolic OH excluding ortho intramolecular Hbond substituents is 1. The summed E-state index contributed by atoms with van der Waals surface area (Å²) in [6, 6.07) is 13.5. The van der Waals surface area contributed by atoms with E-state index < -0.39 is 0 Å². The van der Waals surface area contributed by atoms with Gasteiger partial charge in [-0.05, 0) is 35.9 Å². The zero-order valence-electron chi connectivity index (χ0n) is 12.1. The van der Waals surface area contributed by atoms with E-state index in [2.05, 4.69) is 0 Å². The first-order valence-electron chi connectivity index (χ1n) is 6.65. The van der Waals surface area contributed by atoms with Crippen molar-refractivity contribution in [3.05, 3.63) is 71.8 Å². The summed E-state index contributed by atoms with van der Waals surface area (Å²) < 4.78 is 5.05. The van der Waals surface area contributed by atoms with E-state index >= 15 is 0 Å². The van der Waals surface area contributed by atoms with E-state index in [0.29, 0.717) is 0 Å². The molecule has 2 N–H and O–H groups in total. The van der Waals surface area contributed by atoms with Crippen LogP contribution in [0.5, 0.6) is 11.5 Å². The number of carbonyl (C=O) groups is 1. The van der Waals surface area contributed by atoms with Gasteiger partial charge in [-0.25, -0.2) is 0 Å². The minimum Gasteiger partial charge on any atom is -0.507 e. The molecule has 0 fully saturated rings. The van der Waals surface area contributed by atoms with Crippen molar-refractivity contribution >= 4 is 17.6 Å². The quantitative estimate of drug-likeness (QED) is 0.653. The third-order valence-electron chi connectivity index (χ3n) is 3.01. The number of carbonyl (C=O) groups excluding carboxylic acids is 1.